The molecular weight excluding hydrogens is 310 g/mol. The fourth-order valence-electron chi connectivity index (χ4n) is 0.811. The first-order chi connectivity index (χ1) is 7.64. The molecule has 0 aliphatic carbocycles. The summed E-state index contributed by atoms with van der Waals surface area (Å²) < 4.78 is 71.4. The van der Waals surface area contributed by atoms with Gasteiger partial charge < -0.3 is 0 Å². The maximum absolute atomic E-state index is 11.9. The first-order valence-electron chi connectivity index (χ1n) is 4.64. The van der Waals surface area contributed by atoms with Crippen LogP contribution in [0.5, 0.6) is 0 Å². The standard InChI is InChI=1S/C8H12ClF6S2/c9-3-6-17(5-2-8(13,14)15)16-4-1-7(10,11)12/h1-6H2/q+1. The van der Waals surface area contributed by atoms with Crippen LogP contribution in [0.15, 0.2) is 0 Å². The summed E-state index contributed by atoms with van der Waals surface area (Å²) in [6.07, 6.45) is -10.5. The Balaban J connectivity index is 3.90. The topological polar surface area (TPSA) is 0 Å². The van der Waals surface area contributed by atoms with Crippen molar-refractivity contribution in [2.45, 2.75) is 25.2 Å². The third-order valence-electron chi connectivity index (χ3n) is 1.55. The molecule has 0 aliphatic rings. The van der Waals surface area contributed by atoms with E-state index in [-0.39, 0.29) is 17.4 Å². The summed E-state index contributed by atoms with van der Waals surface area (Å²) in [5.74, 6) is 0.125. The molecule has 0 N–H and O–H groups in total. The summed E-state index contributed by atoms with van der Waals surface area (Å²) in [6, 6.07) is 0. The van der Waals surface area contributed by atoms with Crippen molar-refractivity contribution in [3.63, 3.8) is 0 Å². The van der Waals surface area contributed by atoms with E-state index >= 15 is 0 Å². The van der Waals surface area contributed by atoms with Gasteiger partial charge in [0.1, 0.15) is 11.5 Å². The Kier molecular flexibility index (Phi) is 8.15. The molecule has 0 fully saturated rings. The van der Waals surface area contributed by atoms with Crippen LogP contribution in [0, 0.1) is 0 Å². The molecule has 0 aromatic rings. The first-order valence-corrected chi connectivity index (χ1v) is 8.24. The molecule has 0 saturated heterocycles. The minimum atomic E-state index is -4.26. The van der Waals surface area contributed by atoms with Gasteiger partial charge in [-0.05, 0) is 0 Å². The number of hydrogen-bond acceptors (Lipinski definition) is 1. The first kappa shape index (κ1) is 17.6. The van der Waals surface area contributed by atoms with E-state index in [1.807, 2.05) is 0 Å². The lowest BCUT2D eigenvalue weighted by atomic mass is 10.5. The fourth-order valence-corrected chi connectivity index (χ4v) is 5.43. The summed E-state index contributed by atoms with van der Waals surface area (Å²) in [5, 5.41) is 0. The van der Waals surface area contributed by atoms with Crippen molar-refractivity contribution in [1.82, 2.24) is 0 Å². The highest BCUT2D eigenvalue weighted by Gasteiger charge is 2.34. The molecular formula is C8H12ClF6S2+. The molecule has 0 aromatic carbocycles. The zero-order valence-corrected chi connectivity index (χ0v) is 11.1. The monoisotopic (exact) mass is 321 g/mol. The smallest absolute Gasteiger partial charge is 0.171 e. The quantitative estimate of drug-likeness (QED) is 0.290. The van der Waals surface area contributed by atoms with Gasteiger partial charge in [-0.2, -0.15) is 26.3 Å². The molecule has 104 valence electrons. The molecule has 1 atom stereocenters. The zero-order valence-electron chi connectivity index (χ0n) is 8.70. The highest BCUT2D eigenvalue weighted by Crippen LogP contribution is 2.29. The molecule has 1 unspecified atom stereocenters. The maximum Gasteiger partial charge on any atom is 0.393 e. The fraction of sp³-hybridized carbons (Fsp3) is 1.00. The van der Waals surface area contributed by atoms with Gasteiger partial charge in [0.25, 0.3) is 0 Å². The second-order valence-electron chi connectivity index (χ2n) is 3.09. The van der Waals surface area contributed by atoms with E-state index in [1.165, 1.54) is 0 Å². The van der Waals surface area contributed by atoms with Gasteiger partial charge in [-0.15, -0.1) is 11.6 Å². The van der Waals surface area contributed by atoms with Gasteiger partial charge in [-0.3, -0.25) is 0 Å². The molecule has 0 heterocycles. The lowest BCUT2D eigenvalue weighted by Gasteiger charge is -2.09. The summed E-state index contributed by atoms with van der Waals surface area (Å²) >= 11 is 5.41. The van der Waals surface area contributed by atoms with Crippen LogP contribution in [-0.2, 0) is 9.93 Å². The number of alkyl halides is 7. The largest absolute Gasteiger partial charge is 0.393 e. The predicted octanol–water partition coefficient (Wildman–Crippen LogP) is 4.40. The summed E-state index contributed by atoms with van der Waals surface area (Å²) in [5.41, 5.74) is 0. The Morgan fingerprint density at radius 2 is 1.41 bits per heavy atom. The van der Waals surface area contributed by atoms with Crippen LogP contribution in [-0.4, -0.2) is 35.5 Å². The lowest BCUT2D eigenvalue weighted by Crippen LogP contribution is -2.18. The third-order valence-corrected chi connectivity index (χ3v) is 6.49. The van der Waals surface area contributed by atoms with E-state index in [9.17, 15) is 26.3 Å². The van der Waals surface area contributed by atoms with Gasteiger partial charge in [-0.25, -0.2) is 0 Å². The molecule has 0 aromatic heterocycles. The molecule has 0 saturated carbocycles. The molecule has 9 heteroatoms. The third kappa shape index (κ3) is 12.8. The van der Waals surface area contributed by atoms with Crippen molar-refractivity contribution in [1.29, 1.82) is 0 Å². The van der Waals surface area contributed by atoms with E-state index in [4.69, 9.17) is 11.6 Å². The van der Waals surface area contributed by atoms with E-state index in [2.05, 4.69) is 0 Å². The Hall–Kier alpha value is 0.570. The van der Waals surface area contributed by atoms with Crippen molar-refractivity contribution < 1.29 is 26.3 Å². The van der Waals surface area contributed by atoms with Gasteiger partial charge in [-0.1, -0.05) is 0 Å². The van der Waals surface area contributed by atoms with Crippen molar-refractivity contribution in [3.8, 4) is 0 Å². The Morgan fingerprint density at radius 1 is 0.882 bits per heavy atom. The molecule has 0 nitrogen and oxygen atoms in total. The summed E-state index contributed by atoms with van der Waals surface area (Å²) in [7, 11) is 0.196. The van der Waals surface area contributed by atoms with E-state index < -0.39 is 35.1 Å². The average Bonchev–Trinajstić information content (AvgIpc) is 2.11. The highest BCUT2D eigenvalue weighted by atomic mass is 35.5. The van der Waals surface area contributed by atoms with Crippen LogP contribution in [0.1, 0.15) is 12.8 Å². The SMILES string of the molecule is FC(F)(F)CCS[S+](CCCl)CCC(F)(F)F. The van der Waals surface area contributed by atoms with Crippen LogP contribution in [0.4, 0.5) is 26.3 Å². The van der Waals surface area contributed by atoms with E-state index in [1.54, 1.807) is 0 Å². The minimum Gasteiger partial charge on any atom is -0.171 e. The normalized spacial score (nSPS) is 15.0. The highest BCUT2D eigenvalue weighted by molar-refractivity contribution is 8.74. The number of halogens is 7. The number of hydrogen-bond donors (Lipinski definition) is 0. The van der Waals surface area contributed by atoms with Gasteiger partial charge in [0, 0.05) is 0 Å². The maximum atomic E-state index is 11.9. The van der Waals surface area contributed by atoms with Gasteiger partial charge in [0.05, 0.1) is 45.2 Å². The summed E-state index contributed by atoms with van der Waals surface area (Å²) in [4.78, 5) is 0. The van der Waals surface area contributed by atoms with E-state index in [0.29, 0.717) is 5.75 Å². The summed E-state index contributed by atoms with van der Waals surface area (Å²) in [6.45, 7) is 0. The van der Waals surface area contributed by atoms with Crippen molar-refractivity contribution in [2.24, 2.45) is 0 Å². The molecule has 17 heavy (non-hydrogen) atoms. The predicted molar refractivity (Wildman–Crippen MR) is 61.6 cm³/mol. The van der Waals surface area contributed by atoms with Crippen molar-refractivity contribution in [2.75, 3.05) is 23.1 Å². The van der Waals surface area contributed by atoms with Crippen LogP contribution in [0.25, 0.3) is 0 Å². The molecule has 0 aliphatic heterocycles. The Morgan fingerprint density at radius 3 is 1.82 bits per heavy atom. The molecule has 0 bridgehead atoms. The molecule has 0 amide bonds. The van der Waals surface area contributed by atoms with Crippen molar-refractivity contribution >= 4 is 32.3 Å². The van der Waals surface area contributed by atoms with E-state index in [0.717, 1.165) is 10.8 Å². The average molecular weight is 322 g/mol. The van der Waals surface area contributed by atoms with Crippen LogP contribution in [0.2, 0.25) is 0 Å². The molecule has 0 rings (SSSR count). The second kappa shape index (κ2) is 7.89. The van der Waals surface area contributed by atoms with Crippen LogP contribution >= 0.6 is 22.4 Å². The van der Waals surface area contributed by atoms with Crippen LogP contribution in [0.3, 0.4) is 0 Å². The van der Waals surface area contributed by atoms with Gasteiger partial charge in [0.2, 0.25) is 0 Å². The van der Waals surface area contributed by atoms with Crippen LogP contribution < -0.4 is 0 Å². The van der Waals surface area contributed by atoms with Gasteiger partial charge in [0.15, 0.2) is 0 Å². The Bertz CT molecular complexity index is 205. The van der Waals surface area contributed by atoms with Gasteiger partial charge >= 0.3 is 12.4 Å². The molecule has 0 spiro atoms. The minimum absolute atomic E-state index is 0.154. The molecule has 0 radical (unpaired) electrons. The van der Waals surface area contributed by atoms with Crippen molar-refractivity contribution in [3.05, 3.63) is 0 Å². The zero-order chi connectivity index (χ0) is 13.5. The number of rotatable bonds is 7. The second-order valence-corrected chi connectivity index (χ2v) is 7.93. The Labute approximate surface area is 107 Å². The lowest BCUT2D eigenvalue weighted by molar-refractivity contribution is -0.130.